The molecule has 2 N–H and O–H groups in total. The van der Waals surface area contributed by atoms with Crippen molar-refractivity contribution in [3.05, 3.63) is 5.56 Å². The van der Waals surface area contributed by atoms with Gasteiger partial charge in [-0.1, -0.05) is 0 Å². The third-order valence-electron chi connectivity index (χ3n) is 1.19. The van der Waals surface area contributed by atoms with E-state index in [0.717, 1.165) is 5.56 Å². The number of nitrogen functional groups attached to an aromatic ring is 1. The van der Waals surface area contributed by atoms with Gasteiger partial charge < -0.3 is 5.73 Å². The normalized spacial score (nSPS) is 9.62. The Morgan fingerprint density at radius 2 is 2.38 bits per heavy atom. The van der Waals surface area contributed by atoms with Crippen LogP contribution in [0.5, 0.6) is 0 Å². The SMILES string of the molecule is Bc1snc(N)c1C. The van der Waals surface area contributed by atoms with Crippen molar-refractivity contribution in [2.75, 3.05) is 5.73 Å². The number of hydrogen-bond acceptors (Lipinski definition) is 3. The van der Waals surface area contributed by atoms with Crippen LogP contribution in [0, 0.1) is 6.92 Å². The average Bonchev–Trinajstić information content (AvgIpc) is 1.98. The van der Waals surface area contributed by atoms with E-state index in [-0.39, 0.29) is 0 Å². The highest BCUT2D eigenvalue weighted by molar-refractivity contribution is 7.15. The summed E-state index contributed by atoms with van der Waals surface area (Å²) in [5.41, 5.74) is 6.56. The fourth-order valence-electron chi connectivity index (χ4n) is 0.435. The van der Waals surface area contributed by atoms with Gasteiger partial charge in [0.05, 0.1) is 0 Å². The number of aromatic nitrogens is 1. The van der Waals surface area contributed by atoms with Crippen molar-refractivity contribution in [2.45, 2.75) is 6.92 Å². The summed E-state index contributed by atoms with van der Waals surface area (Å²) >= 11 is 1.46. The quantitative estimate of drug-likeness (QED) is 0.466. The summed E-state index contributed by atoms with van der Waals surface area (Å²) in [4.78, 5) is 0. The molecule has 2 nitrogen and oxygen atoms in total. The molecule has 0 saturated carbocycles. The smallest absolute Gasteiger partial charge is 0.155 e. The van der Waals surface area contributed by atoms with Crippen LogP contribution in [-0.4, -0.2) is 12.2 Å². The third kappa shape index (κ3) is 0.711. The van der Waals surface area contributed by atoms with Crippen molar-refractivity contribution < 1.29 is 0 Å². The molecule has 42 valence electrons. The van der Waals surface area contributed by atoms with Crippen LogP contribution in [0.4, 0.5) is 5.82 Å². The van der Waals surface area contributed by atoms with Crippen molar-refractivity contribution in [1.29, 1.82) is 0 Å². The van der Waals surface area contributed by atoms with Gasteiger partial charge in [0.15, 0.2) is 7.85 Å². The van der Waals surface area contributed by atoms with E-state index in [1.165, 1.54) is 16.3 Å². The molecular formula is C4H7BN2S. The van der Waals surface area contributed by atoms with Gasteiger partial charge in [-0.2, -0.15) is 4.37 Å². The minimum Gasteiger partial charge on any atom is -0.383 e. The molecule has 4 heteroatoms. The summed E-state index contributed by atoms with van der Waals surface area (Å²) in [5.74, 6) is 0.674. The number of nitrogens with zero attached hydrogens (tertiary/aromatic N) is 1. The van der Waals surface area contributed by atoms with Crippen molar-refractivity contribution in [3.63, 3.8) is 0 Å². The average molecular weight is 126 g/mol. The van der Waals surface area contributed by atoms with E-state index in [2.05, 4.69) is 4.37 Å². The molecule has 0 atom stereocenters. The number of nitrogens with two attached hydrogens (primary N) is 1. The highest BCUT2D eigenvalue weighted by Crippen LogP contribution is 2.04. The molecule has 0 radical (unpaired) electrons. The van der Waals surface area contributed by atoms with Crippen LogP contribution < -0.4 is 10.5 Å². The van der Waals surface area contributed by atoms with Gasteiger partial charge in [-0.05, 0) is 28.8 Å². The molecule has 1 heterocycles. The molecule has 0 fully saturated rings. The summed E-state index contributed by atoms with van der Waals surface area (Å²) in [6.45, 7) is 1.98. The van der Waals surface area contributed by atoms with Crippen molar-refractivity contribution in [3.8, 4) is 0 Å². The Bertz CT molecular complexity index is 176. The fourth-order valence-corrected chi connectivity index (χ4v) is 1.05. The molecule has 0 bridgehead atoms. The molecular weight excluding hydrogens is 119 g/mol. The van der Waals surface area contributed by atoms with Crippen LogP contribution in [0.25, 0.3) is 0 Å². The molecule has 8 heavy (non-hydrogen) atoms. The second-order valence-electron chi connectivity index (χ2n) is 1.75. The number of hydrogen-bond donors (Lipinski definition) is 1. The topological polar surface area (TPSA) is 38.9 Å². The zero-order valence-electron chi connectivity index (χ0n) is 4.93. The minimum atomic E-state index is 0.674. The van der Waals surface area contributed by atoms with Crippen LogP contribution in [0.15, 0.2) is 0 Å². The zero-order valence-corrected chi connectivity index (χ0v) is 5.75. The first-order valence-corrected chi connectivity index (χ1v) is 3.17. The molecule has 0 aromatic carbocycles. The van der Waals surface area contributed by atoms with Crippen LogP contribution >= 0.6 is 11.5 Å². The molecule has 0 spiro atoms. The summed E-state index contributed by atoms with van der Waals surface area (Å²) in [6, 6.07) is 0. The van der Waals surface area contributed by atoms with Gasteiger partial charge in [-0.3, -0.25) is 0 Å². The Balaban J connectivity index is 3.19. The second kappa shape index (κ2) is 1.78. The molecule has 1 aromatic rings. The number of anilines is 1. The van der Waals surface area contributed by atoms with E-state index in [0.29, 0.717) is 5.82 Å². The maximum Gasteiger partial charge on any atom is 0.155 e. The number of rotatable bonds is 0. The van der Waals surface area contributed by atoms with Crippen molar-refractivity contribution in [1.82, 2.24) is 4.37 Å². The molecule has 0 aliphatic rings. The maximum absolute atomic E-state index is 5.44. The first-order chi connectivity index (χ1) is 3.72. The summed E-state index contributed by atoms with van der Waals surface area (Å²) < 4.78 is 5.15. The Labute approximate surface area is 53.3 Å². The predicted octanol–water partition coefficient (Wildman–Crippen LogP) is -0.708. The molecule has 0 amide bonds. The van der Waals surface area contributed by atoms with Crippen LogP contribution in [-0.2, 0) is 0 Å². The van der Waals surface area contributed by atoms with E-state index in [1.807, 2.05) is 14.8 Å². The Kier molecular flexibility index (Phi) is 1.25. The van der Waals surface area contributed by atoms with Gasteiger partial charge in [-0.25, -0.2) is 0 Å². The highest BCUT2D eigenvalue weighted by atomic mass is 32.1. The summed E-state index contributed by atoms with van der Waals surface area (Å²) in [7, 11) is 2.02. The molecule has 0 aliphatic carbocycles. The first-order valence-electron chi connectivity index (χ1n) is 2.40. The standard InChI is InChI=1S/C4H7BN2S/c1-2-3(5)8-7-4(2)6/h5H2,1H3,(H2,6,7). The second-order valence-corrected chi connectivity index (χ2v) is 2.73. The molecule has 0 aliphatic heterocycles. The maximum atomic E-state index is 5.44. The lowest BCUT2D eigenvalue weighted by Gasteiger charge is -1.84. The Hall–Kier alpha value is -0.505. The highest BCUT2D eigenvalue weighted by Gasteiger charge is 1.98. The summed E-state index contributed by atoms with van der Waals surface area (Å²) in [5, 5.41) is 0. The van der Waals surface area contributed by atoms with E-state index in [4.69, 9.17) is 5.73 Å². The van der Waals surface area contributed by atoms with Gasteiger partial charge in [0.1, 0.15) is 5.82 Å². The third-order valence-corrected chi connectivity index (χ3v) is 2.06. The minimum absolute atomic E-state index is 0.674. The van der Waals surface area contributed by atoms with Crippen LogP contribution in [0.3, 0.4) is 0 Å². The van der Waals surface area contributed by atoms with E-state index < -0.39 is 0 Å². The predicted molar refractivity (Wildman–Crippen MR) is 39.4 cm³/mol. The first kappa shape index (κ1) is 5.63. The lowest BCUT2D eigenvalue weighted by molar-refractivity contribution is 1.46. The monoisotopic (exact) mass is 126 g/mol. The largest absolute Gasteiger partial charge is 0.383 e. The Morgan fingerprint density at radius 1 is 1.75 bits per heavy atom. The lowest BCUT2D eigenvalue weighted by atomic mass is 10.0. The van der Waals surface area contributed by atoms with Crippen LogP contribution in [0.2, 0.25) is 0 Å². The zero-order chi connectivity index (χ0) is 6.15. The van der Waals surface area contributed by atoms with Gasteiger partial charge in [0.2, 0.25) is 0 Å². The van der Waals surface area contributed by atoms with E-state index >= 15 is 0 Å². The van der Waals surface area contributed by atoms with E-state index in [9.17, 15) is 0 Å². The van der Waals surface area contributed by atoms with Gasteiger partial charge in [0.25, 0.3) is 0 Å². The van der Waals surface area contributed by atoms with Crippen LogP contribution in [0.1, 0.15) is 5.56 Å². The lowest BCUT2D eigenvalue weighted by Crippen LogP contribution is -1.99. The Morgan fingerprint density at radius 3 is 2.50 bits per heavy atom. The van der Waals surface area contributed by atoms with Crippen molar-refractivity contribution >= 4 is 30.0 Å². The van der Waals surface area contributed by atoms with E-state index in [1.54, 1.807) is 0 Å². The van der Waals surface area contributed by atoms with Gasteiger partial charge in [0, 0.05) is 0 Å². The van der Waals surface area contributed by atoms with Gasteiger partial charge >= 0.3 is 0 Å². The van der Waals surface area contributed by atoms with Gasteiger partial charge in [-0.15, -0.1) is 0 Å². The summed E-state index contributed by atoms with van der Waals surface area (Å²) in [6.07, 6.45) is 0. The molecule has 1 aromatic heterocycles. The fraction of sp³-hybridized carbons (Fsp3) is 0.250. The molecule has 1 rings (SSSR count). The molecule has 0 unspecified atom stereocenters. The van der Waals surface area contributed by atoms with Crippen molar-refractivity contribution in [2.24, 2.45) is 0 Å². The molecule has 0 saturated heterocycles.